The van der Waals surface area contributed by atoms with Gasteiger partial charge in [-0.1, -0.05) is 30.3 Å². The summed E-state index contributed by atoms with van der Waals surface area (Å²) >= 11 is 0. The zero-order chi connectivity index (χ0) is 9.68. The molecule has 0 amide bonds. The van der Waals surface area contributed by atoms with Crippen LogP contribution in [0.25, 0.3) is 5.70 Å². The quantitative estimate of drug-likeness (QED) is 0.519. The third kappa shape index (κ3) is 2.63. The van der Waals surface area contributed by atoms with E-state index in [1.54, 1.807) is 13.1 Å². The maximum atomic E-state index is 5.77. The second kappa shape index (κ2) is 4.30. The van der Waals surface area contributed by atoms with Crippen molar-refractivity contribution in [3.8, 4) is 0 Å². The lowest BCUT2D eigenvalue weighted by molar-refractivity contribution is 1.41. The van der Waals surface area contributed by atoms with Crippen LogP contribution in [0.1, 0.15) is 5.56 Å². The first-order chi connectivity index (χ1) is 6.24. The van der Waals surface area contributed by atoms with Crippen molar-refractivity contribution in [3.05, 3.63) is 42.0 Å². The number of hydrogen-bond acceptors (Lipinski definition) is 2. The van der Waals surface area contributed by atoms with Gasteiger partial charge in [0, 0.05) is 18.8 Å². The van der Waals surface area contributed by atoms with Gasteiger partial charge < -0.3 is 11.5 Å². The summed E-state index contributed by atoms with van der Waals surface area (Å²) in [6.07, 6.45) is 1.65. The Morgan fingerprint density at radius 2 is 1.85 bits per heavy atom. The minimum atomic E-state index is 0.432. The zero-order valence-electron chi connectivity index (χ0n) is 7.57. The van der Waals surface area contributed by atoms with Crippen molar-refractivity contribution in [1.29, 1.82) is 0 Å². The minimum Gasteiger partial charge on any atom is -0.398 e. The van der Waals surface area contributed by atoms with E-state index < -0.39 is 0 Å². The molecular formula is C10H13N3. The highest BCUT2D eigenvalue weighted by Gasteiger charge is 1.94. The molecule has 0 spiro atoms. The Labute approximate surface area is 77.8 Å². The Kier molecular flexibility index (Phi) is 3.09. The average Bonchev–Trinajstić information content (AvgIpc) is 2.19. The first kappa shape index (κ1) is 9.32. The van der Waals surface area contributed by atoms with E-state index in [2.05, 4.69) is 4.99 Å². The topological polar surface area (TPSA) is 64.4 Å². The predicted molar refractivity (Wildman–Crippen MR) is 56.2 cm³/mol. The van der Waals surface area contributed by atoms with Crippen molar-refractivity contribution in [2.24, 2.45) is 16.5 Å². The molecular weight excluding hydrogens is 162 g/mol. The predicted octanol–water partition coefficient (Wildman–Crippen LogP) is 0.973. The maximum absolute atomic E-state index is 5.77. The van der Waals surface area contributed by atoms with E-state index in [-0.39, 0.29) is 0 Å². The smallest absolute Gasteiger partial charge is 0.119 e. The molecule has 1 aromatic rings. The Balaban J connectivity index is 2.92. The van der Waals surface area contributed by atoms with Gasteiger partial charge in [-0.05, 0) is 5.56 Å². The fourth-order valence-electron chi connectivity index (χ4n) is 0.938. The van der Waals surface area contributed by atoms with Crippen molar-refractivity contribution in [1.82, 2.24) is 0 Å². The molecule has 0 bridgehead atoms. The third-order valence-corrected chi connectivity index (χ3v) is 1.67. The lowest BCUT2D eigenvalue weighted by Gasteiger charge is -2.00. The molecule has 0 atom stereocenters. The number of aliphatic imine (C=N–C) groups is 1. The Hall–Kier alpha value is -1.77. The van der Waals surface area contributed by atoms with Crippen LogP contribution in [0, 0.1) is 0 Å². The summed E-state index contributed by atoms with van der Waals surface area (Å²) in [4.78, 5) is 3.79. The van der Waals surface area contributed by atoms with Gasteiger partial charge in [-0.25, -0.2) is 0 Å². The molecule has 13 heavy (non-hydrogen) atoms. The highest BCUT2D eigenvalue weighted by Crippen LogP contribution is 2.06. The highest BCUT2D eigenvalue weighted by atomic mass is 14.8. The molecule has 3 nitrogen and oxygen atoms in total. The molecule has 0 fully saturated rings. The van der Waals surface area contributed by atoms with Crippen LogP contribution in [0.3, 0.4) is 0 Å². The fourth-order valence-corrected chi connectivity index (χ4v) is 0.938. The van der Waals surface area contributed by atoms with E-state index in [1.807, 2.05) is 30.3 Å². The van der Waals surface area contributed by atoms with Gasteiger partial charge in [-0.3, -0.25) is 4.99 Å². The highest BCUT2D eigenvalue weighted by molar-refractivity contribution is 5.97. The van der Waals surface area contributed by atoms with Crippen LogP contribution in [0.4, 0.5) is 0 Å². The molecule has 1 aromatic carbocycles. The molecule has 4 N–H and O–H groups in total. The molecule has 0 radical (unpaired) electrons. The molecule has 1 rings (SSSR count). The summed E-state index contributed by atoms with van der Waals surface area (Å²) in [6.45, 7) is 0. The molecule has 0 aliphatic heterocycles. The normalized spacial score (nSPS) is 13.0. The summed E-state index contributed by atoms with van der Waals surface area (Å²) in [7, 11) is 1.63. The van der Waals surface area contributed by atoms with Crippen LogP contribution in [0.2, 0.25) is 0 Å². The van der Waals surface area contributed by atoms with Crippen molar-refractivity contribution in [2.45, 2.75) is 0 Å². The summed E-state index contributed by atoms with van der Waals surface area (Å²) in [5.41, 5.74) is 12.9. The molecule has 68 valence electrons. The van der Waals surface area contributed by atoms with E-state index in [0.29, 0.717) is 11.5 Å². The van der Waals surface area contributed by atoms with Crippen LogP contribution >= 0.6 is 0 Å². The van der Waals surface area contributed by atoms with E-state index in [9.17, 15) is 0 Å². The largest absolute Gasteiger partial charge is 0.398 e. The second-order valence-electron chi connectivity index (χ2n) is 2.61. The number of amidine groups is 1. The molecule has 0 saturated heterocycles. The van der Waals surface area contributed by atoms with Crippen LogP contribution in [0.15, 0.2) is 41.4 Å². The molecule has 0 heterocycles. The van der Waals surface area contributed by atoms with Crippen LogP contribution in [-0.4, -0.2) is 12.9 Å². The standard InChI is InChI=1S/C10H13N3/c1-13-10(12)7-9(11)8-5-3-2-4-6-8/h2-7H,11H2,1H3,(H2,12,13). The number of nitrogens with zero attached hydrogens (tertiary/aromatic N) is 1. The minimum absolute atomic E-state index is 0.432. The number of rotatable bonds is 2. The van der Waals surface area contributed by atoms with E-state index in [4.69, 9.17) is 11.5 Å². The first-order valence-electron chi connectivity index (χ1n) is 3.99. The van der Waals surface area contributed by atoms with Gasteiger partial charge in [0.25, 0.3) is 0 Å². The van der Waals surface area contributed by atoms with Crippen molar-refractivity contribution >= 4 is 11.5 Å². The molecule has 0 unspecified atom stereocenters. The fraction of sp³-hybridized carbons (Fsp3) is 0.100. The Bertz CT molecular complexity index is 325. The van der Waals surface area contributed by atoms with Gasteiger partial charge >= 0.3 is 0 Å². The summed E-state index contributed by atoms with van der Waals surface area (Å²) < 4.78 is 0. The van der Waals surface area contributed by atoms with Gasteiger partial charge in [0.2, 0.25) is 0 Å². The molecule has 0 aliphatic carbocycles. The maximum Gasteiger partial charge on any atom is 0.119 e. The first-order valence-corrected chi connectivity index (χ1v) is 3.99. The van der Waals surface area contributed by atoms with E-state index in [1.165, 1.54) is 0 Å². The number of benzene rings is 1. The van der Waals surface area contributed by atoms with Crippen molar-refractivity contribution in [3.63, 3.8) is 0 Å². The van der Waals surface area contributed by atoms with E-state index in [0.717, 1.165) is 5.56 Å². The SMILES string of the molecule is CN=C(N)C=C(N)c1ccccc1. The van der Waals surface area contributed by atoms with Crippen LogP contribution < -0.4 is 11.5 Å². The van der Waals surface area contributed by atoms with Gasteiger partial charge in [-0.2, -0.15) is 0 Å². The van der Waals surface area contributed by atoms with Crippen molar-refractivity contribution < 1.29 is 0 Å². The van der Waals surface area contributed by atoms with Crippen LogP contribution in [-0.2, 0) is 0 Å². The lowest BCUT2D eigenvalue weighted by Crippen LogP contribution is -2.10. The van der Waals surface area contributed by atoms with E-state index >= 15 is 0 Å². The van der Waals surface area contributed by atoms with Crippen LogP contribution in [0.5, 0.6) is 0 Å². The number of hydrogen-bond donors (Lipinski definition) is 2. The zero-order valence-corrected chi connectivity index (χ0v) is 7.57. The van der Waals surface area contributed by atoms with Gasteiger partial charge in [0.1, 0.15) is 5.84 Å². The Morgan fingerprint density at radius 3 is 2.38 bits per heavy atom. The monoisotopic (exact) mass is 175 g/mol. The van der Waals surface area contributed by atoms with Gasteiger partial charge in [0.05, 0.1) is 0 Å². The summed E-state index contributed by atoms with van der Waals surface area (Å²) in [5, 5.41) is 0. The number of nitrogens with two attached hydrogens (primary N) is 2. The summed E-state index contributed by atoms with van der Waals surface area (Å²) in [5.74, 6) is 0.432. The molecule has 0 aromatic heterocycles. The third-order valence-electron chi connectivity index (χ3n) is 1.67. The van der Waals surface area contributed by atoms with Gasteiger partial charge in [-0.15, -0.1) is 0 Å². The molecule has 0 saturated carbocycles. The second-order valence-corrected chi connectivity index (χ2v) is 2.61. The van der Waals surface area contributed by atoms with Crippen molar-refractivity contribution in [2.75, 3.05) is 7.05 Å². The lowest BCUT2D eigenvalue weighted by atomic mass is 10.1. The Morgan fingerprint density at radius 1 is 1.23 bits per heavy atom. The average molecular weight is 175 g/mol. The molecule has 3 heteroatoms. The van der Waals surface area contributed by atoms with Gasteiger partial charge in [0.15, 0.2) is 0 Å². The summed E-state index contributed by atoms with van der Waals surface area (Å²) in [6, 6.07) is 9.64. The molecule has 0 aliphatic rings.